The van der Waals surface area contributed by atoms with Crippen LogP contribution in [-0.2, 0) is 17.7 Å². The first-order valence-electron chi connectivity index (χ1n) is 2.60. The van der Waals surface area contributed by atoms with Crippen molar-refractivity contribution in [1.82, 2.24) is 0 Å². The van der Waals surface area contributed by atoms with E-state index in [1.807, 2.05) is 0 Å². The lowest BCUT2D eigenvalue weighted by molar-refractivity contribution is 0.0206. The second-order valence-corrected chi connectivity index (χ2v) is 4.50. The van der Waals surface area contributed by atoms with Crippen molar-refractivity contribution in [3.8, 4) is 0 Å². The molecular formula is C4H11IO4Si. The zero-order valence-electron chi connectivity index (χ0n) is 6.22. The number of rotatable bonds is 5. The Labute approximate surface area is 75.4 Å². The van der Waals surface area contributed by atoms with Gasteiger partial charge in [0.1, 0.15) is 0 Å². The zero-order chi connectivity index (χ0) is 8.04. The van der Waals surface area contributed by atoms with Crippen LogP contribution in [0.2, 0.25) is 0 Å². The second-order valence-electron chi connectivity index (χ2n) is 1.37. The number of alkyl halides is 1. The van der Waals surface area contributed by atoms with Gasteiger partial charge in [0.15, 0.2) is 0 Å². The molecule has 0 heterocycles. The van der Waals surface area contributed by atoms with Gasteiger partial charge in [0, 0.05) is 21.3 Å². The van der Waals surface area contributed by atoms with E-state index in [-0.39, 0.29) is 0 Å². The van der Waals surface area contributed by atoms with Crippen molar-refractivity contribution in [1.29, 1.82) is 0 Å². The third kappa shape index (κ3) is 2.80. The van der Waals surface area contributed by atoms with Crippen molar-refractivity contribution < 1.29 is 17.7 Å². The highest BCUT2D eigenvalue weighted by molar-refractivity contribution is 14.1. The van der Waals surface area contributed by atoms with Gasteiger partial charge >= 0.3 is 9.05 Å². The molecule has 0 aromatic rings. The Morgan fingerprint density at radius 2 is 1.50 bits per heavy atom. The van der Waals surface area contributed by atoms with Gasteiger partial charge in [0.05, 0.1) is 4.61 Å². The first kappa shape index (κ1) is 10.8. The summed E-state index contributed by atoms with van der Waals surface area (Å²) in [5, 5.41) is 0. The molecule has 0 rings (SSSR count). The minimum absolute atomic E-state index is 0.500. The zero-order valence-corrected chi connectivity index (χ0v) is 9.38. The Morgan fingerprint density at radius 3 is 1.60 bits per heavy atom. The molecule has 6 heteroatoms. The molecule has 4 nitrogen and oxygen atoms in total. The molecular weight excluding hydrogens is 267 g/mol. The molecule has 0 radical (unpaired) electrons. The van der Waals surface area contributed by atoms with E-state index in [9.17, 15) is 0 Å². The van der Waals surface area contributed by atoms with Crippen molar-refractivity contribution in [3.05, 3.63) is 0 Å². The van der Waals surface area contributed by atoms with Gasteiger partial charge in [-0.3, -0.25) is 0 Å². The molecule has 0 bridgehead atoms. The molecule has 0 unspecified atom stereocenters. The molecule has 10 heavy (non-hydrogen) atoms. The molecule has 0 N–H and O–H groups in total. The Balaban J connectivity index is 3.87. The van der Waals surface area contributed by atoms with Crippen LogP contribution in [-0.4, -0.2) is 35.0 Å². The van der Waals surface area contributed by atoms with Crippen LogP contribution in [0.3, 0.4) is 0 Å². The number of hydrogen-bond acceptors (Lipinski definition) is 4. The van der Waals surface area contributed by atoms with Crippen LogP contribution in [0.4, 0.5) is 0 Å². The van der Waals surface area contributed by atoms with Crippen molar-refractivity contribution >= 4 is 31.6 Å². The molecule has 0 aliphatic heterocycles. The lowest BCUT2D eigenvalue weighted by Crippen LogP contribution is -2.46. The van der Waals surface area contributed by atoms with Crippen LogP contribution in [0.5, 0.6) is 0 Å². The van der Waals surface area contributed by atoms with E-state index >= 15 is 0 Å². The maximum Gasteiger partial charge on any atom is 0.679 e. The summed E-state index contributed by atoms with van der Waals surface area (Å²) in [6.45, 7) is 0. The molecule has 0 saturated heterocycles. The van der Waals surface area contributed by atoms with Crippen LogP contribution in [0.1, 0.15) is 0 Å². The Bertz CT molecular complexity index is 79.1. The second kappa shape index (κ2) is 5.44. The summed E-state index contributed by atoms with van der Waals surface area (Å²) in [7, 11) is 1.79. The van der Waals surface area contributed by atoms with E-state index in [0.29, 0.717) is 4.61 Å². The summed E-state index contributed by atoms with van der Waals surface area (Å²) in [6.07, 6.45) is 0. The van der Waals surface area contributed by atoms with E-state index in [1.54, 1.807) is 0 Å². The molecule has 0 spiro atoms. The molecule has 0 amide bonds. The van der Waals surface area contributed by atoms with Gasteiger partial charge in [-0.25, -0.2) is 0 Å². The highest BCUT2D eigenvalue weighted by Crippen LogP contribution is 2.08. The third-order valence-corrected chi connectivity index (χ3v) is 3.88. The van der Waals surface area contributed by atoms with Gasteiger partial charge in [0.25, 0.3) is 0 Å². The molecule has 0 aromatic heterocycles. The topological polar surface area (TPSA) is 36.9 Å². The van der Waals surface area contributed by atoms with E-state index in [4.69, 9.17) is 17.7 Å². The van der Waals surface area contributed by atoms with Gasteiger partial charge < -0.3 is 17.7 Å². The fraction of sp³-hybridized carbons (Fsp3) is 1.00. The van der Waals surface area contributed by atoms with Crippen LogP contribution >= 0.6 is 22.6 Å². The first-order valence-corrected chi connectivity index (χ1v) is 5.76. The van der Waals surface area contributed by atoms with Crippen LogP contribution in [0.25, 0.3) is 0 Å². The van der Waals surface area contributed by atoms with E-state index in [0.717, 1.165) is 0 Å². The summed E-state index contributed by atoms with van der Waals surface area (Å²) < 4.78 is 20.5. The number of halogens is 1. The van der Waals surface area contributed by atoms with Crippen LogP contribution in [0, 0.1) is 0 Å². The molecule has 0 atom stereocenters. The SMILES string of the molecule is CO[Si](OC)(OC)OCI. The van der Waals surface area contributed by atoms with Crippen molar-refractivity contribution in [2.45, 2.75) is 0 Å². The van der Waals surface area contributed by atoms with Crippen molar-refractivity contribution in [2.24, 2.45) is 0 Å². The third-order valence-electron chi connectivity index (χ3n) is 0.981. The predicted molar refractivity (Wildman–Crippen MR) is 46.8 cm³/mol. The largest absolute Gasteiger partial charge is 0.679 e. The average molecular weight is 278 g/mol. The van der Waals surface area contributed by atoms with E-state index in [2.05, 4.69) is 22.6 Å². The van der Waals surface area contributed by atoms with Crippen LogP contribution in [0.15, 0.2) is 0 Å². The van der Waals surface area contributed by atoms with Gasteiger partial charge in [-0.2, -0.15) is 0 Å². The summed E-state index contributed by atoms with van der Waals surface area (Å²) in [6, 6.07) is 0. The Morgan fingerprint density at radius 1 is 1.10 bits per heavy atom. The molecule has 0 saturated carbocycles. The van der Waals surface area contributed by atoms with Gasteiger partial charge in [-0.15, -0.1) is 0 Å². The fourth-order valence-electron chi connectivity index (χ4n) is 0.494. The summed E-state index contributed by atoms with van der Waals surface area (Å²) >= 11 is 2.06. The summed E-state index contributed by atoms with van der Waals surface area (Å²) in [5.74, 6) is 0. The van der Waals surface area contributed by atoms with E-state index < -0.39 is 9.05 Å². The average Bonchev–Trinajstić information content (AvgIpc) is 2.01. The maximum atomic E-state index is 5.14. The predicted octanol–water partition coefficient (Wildman–Crippen LogP) is 0.770. The monoisotopic (exact) mass is 278 g/mol. The Hall–Kier alpha value is 0.787. The maximum absolute atomic E-state index is 5.14. The van der Waals surface area contributed by atoms with Gasteiger partial charge in [-0.05, 0) is 0 Å². The molecule has 0 aliphatic rings. The fourth-order valence-corrected chi connectivity index (χ4v) is 2.62. The first-order chi connectivity index (χ1) is 4.74. The summed E-state index contributed by atoms with van der Waals surface area (Å²) in [5.41, 5.74) is 0. The Kier molecular flexibility index (Phi) is 5.87. The van der Waals surface area contributed by atoms with E-state index in [1.165, 1.54) is 21.3 Å². The highest BCUT2D eigenvalue weighted by atomic mass is 127. The molecule has 0 fully saturated rings. The highest BCUT2D eigenvalue weighted by Gasteiger charge is 2.41. The molecule has 0 aromatic carbocycles. The van der Waals surface area contributed by atoms with Crippen LogP contribution < -0.4 is 0 Å². The minimum atomic E-state index is -2.72. The lowest BCUT2D eigenvalue weighted by atomic mass is 11.8. The van der Waals surface area contributed by atoms with Crippen molar-refractivity contribution in [2.75, 3.05) is 25.9 Å². The minimum Gasteiger partial charge on any atom is -0.355 e. The molecule has 0 aliphatic carbocycles. The van der Waals surface area contributed by atoms with Crippen molar-refractivity contribution in [3.63, 3.8) is 0 Å². The quantitative estimate of drug-likeness (QED) is 0.423. The van der Waals surface area contributed by atoms with Gasteiger partial charge in [0.2, 0.25) is 0 Å². The molecule has 62 valence electrons. The number of hydrogen-bond donors (Lipinski definition) is 0. The normalized spacial score (nSPS) is 12.0. The van der Waals surface area contributed by atoms with Gasteiger partial charge in [-0.1, -0.05) is 22.6 Å². The smallest absolute Gasteiger partial charge is 0.355 e. The standard InChI is InChI=1S/C4H11IO4Si/c1-6-10(7-2,8-3)9-4-5/h4H2,1-3H3. The lowest BCUT2D eigenvalue weighted by Gasteiger charge is -2.21. The summed E-state index contributed by atoms with van der Waals surface area (Å²) in [4.78, 5) is 0.